The smallest absolute Gasteiger partial charge is 0.222 e. The summed E-state index contributed by atoms with van der Waals surface area (Å²) in [5.74, 6) is 0. The average molecular weight is 293 g/mol. The molecule has 0 atom stereocenters. The molecule has 0 unspecified atom stereocenters. The summed E-state index contributed by atoms with van der Waals surface area (Å²) in [6.45, 7) is 0. The maximum absolute atomic E-state index is 5.89. The van der Waals surface area contributed by atoms with Crippen molar-refractivity contribution >= 4 is 44.9 Å². The van der Waals surface area contributed by atoms with Crippen LogP contribution in [0.2, 0.25) is 5.28 Å². The van der Waals surface area contributed by atoms with Crippen molar-refractivity contribution in [3.8, 4) is 11.1 Å². The lowest BCUT2D eigenvalue weighted by Crippen LogP contribution is -1.84. The molecule has 90 valence electrons. The van der Waals surface area contributed by atoms with Gasteiger partial charge in [0.05, 0.1) is 10.2 Å². The van der Waals surface area contributed by atoms with Gasteiger partial charge in [0.25, 0.3) is 0 Å². The quantitative estimate of drug-likeness (QED) is 0.504. The third-order valence-corrected chi connectivity index (χ3v) is 4.57. The maximum atomic E-state index is 5.89. The van der Waals surface area contributed by atoms with E-state index in [4.69, 9.17) is 11.6 Å². The van der Waals surface area contributed by atoms with Gasteiger partial charge in [0.15, 0.2) is 0 Å². The van der Waals surface area contributed by atoms with E-state index in [0.29, 0.717) is 5.28 Å². The Morgan fingerprint density at radius 1 is 1.22 bits per heavy atom. The molecule has 18 heavy (non-hydrogen) atoms. The number of rotatable bonds is 2. The molecule has 3 aromatic rings. The van der Waals surface area contributed by atoms with Crippen molar-refractivity contribution in [2.24, 2.45) is 0 Å². The average Bonchev–Trinajstić information content (AvgIpc) is 2.81. The second-order valence-corrected chi connectivity index (χ2v) is 5.80. The fourth-order valence-corrected chi connectivity index (χ4v) is 3.47. The number of thiophene rings is 1. The van der Waals surface area contributed by atoms with Gasteiger partial charge in [-0.05, 0) is 29.5 Å². The van der Waals surface area contributed by atoms with Gasteiger partial charge in [-0.1, -0.05) is 18.2 Å². The molecule has 2 heterocycles. The van der Waals surface area contributed by atoms with E-state index < -0.39 is 0 Å². The standard InChI is InChI=1S/C13H9ClN2S2/c1-17-10-5-3-2-4-8(10)9-7-18-11-6-15-13(14)16-12(9)11/h2-7H,1H3. The maximum Gasteiger partial charge on any atom is 0.222 e. The van der Waals surface area contributed by atoms with Crippen molar-refractivity contribution in [3.05, 3.63) is 41.1 Å². The number of nitrogens with zero attached hydrogens (tertiary/aromatic N) is 2. The fraction of sp³-hybridized carbons (Fsp3) is 0.0769. The highest BCUT2D eigenvalue weighted by Crippen LogP contribution is 2.37. The predicted octanol–water partition coefficient (Wildman–Crippen LogP) is 4.73. The Morgan fingerprint density at radius 2 is 2.06 bits per heavy atom. The second kappa shape index (κ2) is 4.88. The van der Waals surface area contributed by atoms with E-state index in [9.17, 15) is 0 Å². The highest BCUT2D eigenvalue weighted by molar-refractivity contribution is 7.98. The lowest BCUT2D eigenvalue weighted by atomic mass is 10.1. The van der Waals surface area contributed by atoms with Crippen LogP contribution < -0.4 is 0 Å². The Bertz CT molecular complexity index is 709. The molecule has 2 aromatic heterocycles. The van der Waals surface area contributed by atoms with Crippen molar-refractivity contribution in [2.45, 2.75) is 4.90 Å². The number of hydrogen-bond acceptors (Lipinski definition) is 4. The summed E-state index contributed by atoms with van der Waals surface area (Å²) in [4.78, 5) is 9.60. The summed E-state index contributed by atoms with van der Waals surface area (Å²) in [6.07, 6.45) is 3.86. The molecule has 3 rings (SSSR count). The monoisotopic (exact) mass is 292 g/mol. The first-order valence-electron chi connectivity index (χ1n) is 5.32. The van der Waals surface area contributed by atoms with Crippen molar-refractivity contribution < 1.29 is 0 Å². The first-order chi connectivity index (χ1) is 8.79. The minimum atomic E-state index is 0.295. The minimum absolute atomic E-state index is 0.295. The minimum Gasteiger partial charge on any atom is -0.225 e. The van der Waals surface area contributed by atoms with Gasteiger partial charge in [-0.2, -0.15) is 0 Å². The van der Waals surface area contributed by atoms with Crippen LogP contribution in [0.5, 0.6) is 0 Å². The van der Waals surface area contributed by atoms with E-state index in [-0.39, 0.29) is 0 Å². The Balaban J connectivity index is 2.28. The van der Waals surface area contributed by atoms with E-state index in [1.54, 1.807) is 29.3 Å². The van der Waals surface area contributed by atoms with Crippen LogP contribution in [0.3, 0.4) is 0 Å². The van der Waals surface area contributed by atoms with Gasteiger partial charge in [-0.25, -0.2) is 9.97 Å². The molecule has 0 aliphatic heterocycles. The summed E-state index contributed by atoms with van der Waals surface area (Å²) >= 11 is 9.26. The second-order valence-electron chi connectivity index (χ2n) is 3.70. The molecular formula is C13H9ClN2S2. The van der Waals surface area contributed by atoms with Crippen LogP contribution in [0.1, 0.15) is 0 Å². The SMILES string of the molecule is CSc1ccccc1-c1csc2cnc(Cl)nc12. The molecule has 0 spiro atoms. The van der Waals surface area contributed by atoms with Crippen LogP contribution in [0.4, 0.5) is 0 Å². The summed E-state index contributed by atoms with van der Waals surface area (Å²) in [5, 5.41) is 2.41. The van der Waals surface area contributed by atoms with Crippen molar-refractivity contribution in [2.75, 3.05) is 6.26 Å². The molecule has 0 fully saturated rings. The van der Waals surface area contributed by atoms with Crippen molar-refractivity contribution in [1.82, 2.24) is 9.97 Å². The zero-order valence-electron chi connectivity index (χ0n) is 9.55. The van der Waals surface area contributed by atoms with Gasteiger partial charge in [0, 0.05) is 22.0 Å². The molecule has 0 aliphatic carbocycles. The van der Waals surface area contributed by atoms with Crippen molar-refractivity contribution in [3.63, 3.8) is 0 Å². The summed E-state index contributed by atoms with van der Waals surface area (Å²) in [6, 6.07) is 8.32. The Morgan fingerprint density at radius 3 is 2.89 bits per heavy atom. The molecule has 2 nitrogen and oxygen atoms in total. The largest absolute Gasteiger partial charge is 0.225 e. The zero-order valence-corrected chi connectivity index (χ0v) is 11.9. The third kappa shape index (κ3) is 2.00. The Kier molecular flexibility index (Phi) is 3.24. The molecular weight excluding hydrogens is 284 g/mol. The molecule has 0 aliphatic rings. The van der Waals surface area contributed by atoms with Gasteiger partial charge in [0.1, 0.15) is 0 Å². The molecule has 1 aromatic carbocycles. The van der Waals surface area contributed by atoms with E-state index in [2.05, 4.69) is 33.7 Å². The summed E-state index contributed by atoms with van der Waals surface area (Å²) in [5.41, 5.74) is 3.26. The normalized spacial score (nSPS) is 11.0. The first kappa shape index (κ1) is 12.0. The number of fused-ring (bicyclic) bond motifs is 1. The van der Waals surface area contributed by atoms with Gasteiger partial charge in [-0.15, -0.1) is 23.1 Å². The molecule has 0 radical (unpaired) electrons. The molecule has 0 saturated carbocycles. The number of hydrogen-bond donors (Lipinski definition) is 0. The van der Waals surface area contributed by atoms with E-state index >= 15 is 0 Å². The number of thioether (sulfide) groups is 1. The highest BCUT2D eigenvalue weighted by atomic mass is 35.5. The molecule has 0 amide bonds. The van der Waals surface area contributed by atoms with E-state index in [1.165, 1.54) is 10.5 Å². The number of aromatic nitrogens is 2. The Labute approximate surface area is 118 Å². The van der Waals surface area contributed by atoms with Crippen LogP contribution in [0.15, 0.2) is 40.7 Å². The van der Waals surface area contributed by atoms with E-state index in [1.807, 2.05) is 12.1 Å². The molecule has 5 heteroatoms. The molecule has 0 saturated heterocycles. The zero-order chi connectivity index (χ0) is 12.5. The predicted molar refractivity (Wildman–Crippen MR) is 79.6 cm³/mol. The summed E-state index contributed by atoms with van der Waals surface area (Å²) < 4.78 is 1.06. The van der Waals surface area contributed by atoms with Gasteiger partial charge in [-0.3, -0.25) is 0 Å². The fourth-order valence-electron chi connectivity index (χ4n) is 1.86. The third-order valence-electron chi connectivity index (χ3n) is 2.68. The summed E-state index contributed by atoms with van der Waals surface area (Å²) in [7, 11) is 0. The topological polar surface area (TPSA) is 25.8 Å². The lowest BCUT2D eigenvalue weighted by Gasteiger charge is -2.05. The van der Waals surface area contributed by atoms with Gasteiger partial charge < -0.3 is 0 Å². The van der Waals surface area contributed by atoms with Crippen LogP contribution >= 0.6 is 34.7 Å². The molecule has 0 bridgehead atoms. The van der Waals surface area contributed by atoms with E-state index in [0.717, 1.165) is 15.8 Å². The lowest BCUT2D eigenvalue weighted by molar-refractivity contribution is 1.23. The molecule has 0 N–H and O–H groups in total. The van der Waals surface area contributed by atoms with Gasteiger partial charge in [0.2, 0.25) is 5.28 Å². The van der Waals surface area contributed by atoms with Crippen molar-refractivity contribution in [1.29, 1.82) is 0 Å². The van der Waals surface area contributed by atoms with Crippen LogP contribution in [-0.4, -0.2) is 16.2 Å². The van der Waals surface area contributed by atoms with Crippen LogP contribution in [-0.2, 0) is 0 Å². The number of halogens is 1. The van der Waals surface area contributed by atoms with Gasteiger partial charge >= 0.3 is 0 Å². The highest BCUT2D eigenvalue weighted by Gasteiger charge is 2.11. The number of benzene rings is 1. The first-order valence-corrected chi connectivity index (χ1v) is 7.81. The van der Waals surface area contributed by atoms with Crippen LogP contribution in [0.25, 0.3) is 21.3 Å². The van der Waals surface area contributed by atoms with Crippen LogP contribution in [0, 0.1) is 0 Å². The Hall–Kier alpha value is -1.10.